The average molecular weight is 307 g/mol. The first-order chi connectivity index (χ1) is 10.4. The van der Waals surface area contributed by atoms with Crippen LogP contribution in [0.4, 0.5) is 5.82 Å². The summed E-state index contributed by atoms with van der Waals surface area (Å²) in [4.78, 5) is 11.7. The summed E-state index contributed by atoms with van der Waals surface area (Å²) in [5.41, 5.74) is 1.08. The Morgan fingerprint density at radius 2 is 1.95 bits per heavy atom. The van der Waals surface area contributed by atoms with Crippen molar-refractivity contribution in [2.75, 3.05) is 24.7 Å². The number of aliphatic hydroxyl groups is 1. The number of hydrogen-bond acceptors (Lipinski definition) is 5. The Morgan fingerprint density at radius 1 is 1.23 bits per heavy atom. The molecule has 0 aliphatic carbocycles. The van der Waals surface area contributed by atoms with Crippen LogP contribution in [0.1, 0.15) is 64.4 Å². The van der Waals surface area contributed by atoms with Crippen LogP contribution in [0, 0.1) is 0 Å². The van der Waals surface area contributed by atoms with Gasteiger partial charge in [-0.05, 0) is 19.3 Å². The predicted molar refractivity (Wildman–Crippen MR) is 88.5 cm³/mol. The lowest BCUT2D eigenvalue weighted by Crippen LogP contribution is -2.47. The molecule has 0 saturated carbocycles. The van der Waals surface area contributed by atoms with E-state index in [2.05, 4.69) is 38.7 Å². The van der Waals surface area contributed by atoms with Gasteiger partial charge in [-0.1, -0.05) is 27.7 Å². The van der Waals surface area contributed by atoms with Gasteiger partial charge >= 0.3 is 0 Å². The Kier molecular flexibility index (Phi) is 5.75. The average Bonchev–Trinajstić information content (AvgIpc) is 2.46. The van der Waals surface area contributed by atoms with Crippen molar-refractivity contribution >= 4 is 5.82 Å². The Labute approximate surface area is 133 Å². The Balaban J connectivity index is 2.35. The number of hydrogen-bond donors (Lipinski definition) is 1. The monoisotopic (exact) mass is 307 g/mol. The van der Waals surface area contributed by atoms with Crippen LogP contribution in [0.2, 0.25) is 0 Å². The fraction of sp³-hybridized carbons (Fsp3) is 0.765. The molecule has 1 saturated heterocycles. The van der Waals surface area contributed by atoms with Crippen molar-refractivity contribution in [3.8, 4) is 0 Å². The zero-order valence-electron chi connectivity index (χ0n) is 14.4. The Bertz CT molecular complexity index is 463. The van der Waals surface area contributed by atoms with E-state index < -0.39 is 0 Å². The van der Waals surface area contributed by atoms with E-state index in [0.29, 0.717) is 31.5 Å². The molecule has 124 valence electrons. The van der Waals surface area contributed by atoms with Crippen molar-refractivity contribution in [3.05, 3.63) is 17.6 Å². The Morgan fingerprint density at radius 3 is 2.55 bits per heavy atom. The summed E-state index contributed by atoms with van der Waals surface area (Å²) < 4.78 is 5.59. The van der Waals surface area contributed by atoms with E-state index >= 15 is 0 Å². The smallest absolute Gasteiger partial charge is 0.133 e. The van der Waals surface area contributed by atoms with Gasteiger partial charge < -0.3 is 14.7 Å². The minimum Gasteiger partial charge on any atom is -0.393 e. The third-order valence-electron chi connectivity index (χ3n) is 3.99. The van der Waals surface area contributed by atoms with E-state index in [1.54, 1.807) is 0 Å². The second-order valence-corrected chi connectivity index (χ2v) is 6.83. The SMILES string of the molecule is CC(O)CC1COCCN1c1cc(C(C)C)nc(C(C)C)n1. The van der Waals surface area contributed by atoms with E-state index in [1.165, 1.54) is 0 Å². The molecule has 1 aliphatic rings. The lowest BCUT2D eigenvalue weighted by molar-refractivity contribution is 0.0717. The lowest BCUT2D eigenvalue weighted by Gasteiger charge is -2.37. The number of aliphatic hydroxyl groups excluding tert-OH is 1. The van der Waals surface area contributed by atoms with Crippen LogP contribution in [-0.2, 0) is 4.74 Å². The molecule has 0 radical (unpaired) electrons. The van der Waals surface area contributed by atoms with Crippen molar-refractivity contribution in [3.63, 3.8) is 0 Å². The number of anilines is 1. The third-order valence-corrected chi connectivity index (χ3v) is 3.99. The van der Waals surface area contributed by atoms with E-state index in [9.17, 15) is 5.11 Å². The molecule has 0 spiro atoms. The first-order valence-electron chi connectivity index (χ1n) is 8.29. The third kappa shape index (κ3) is 4.17. The van der Waals surface area contributed by atoms with Crippen molar-refractivity contribution in [2.45, 2.75) is 65.0 Å². The first-order valence-corrected chi connectivity index (χ1v) is 8.29. The molecule has 1 aromatic rings. The van der Waals surface area contributed by atoms with Crippen LogP contribution in [-0.4, -0.2) is 47.0 Å². The van der Waals surface area contributed by atoms with E-state index in [0.717, 1.165) is 23.9 Å². The molecule has 0 bridgehead atoms. The fourth-order valence-corrected chi connectivity index (χ4v) is 2.72. The number of rotatable bonds is 5. The minimum atomic E-state index is -0.342. The first kappa shape index (κ1) is 17.2. The van der Waals surface area contributed by atoms with Gasteiger partial charge in [0.15, 0.2) is 0 Å². The second-order valence-electron chi connectivity index (χ2n) is 6.83. The summed E-state index contributed by atoms with van der Waals surface area (Å²) in [7, 11) is 0. The molecule has 1 N–H and O–H groups in total. The minimum absolute atomic E-state index is 0.170. The second kappa shape index (κ2) is 7.38. The fourth-order valence-electron chi connectivity index (χ4n) is 2.72. The van der Waals surface area contributed by atoms with Gasteiger partial charge in [-0.25, -0.2) is 9.97 Å². The van der Waals surface area contributed by atoms with Crippen molar-refractivity contribution in [1.82, 2.24) is 9.97 Å². The van der Waals surface area contributed by atoms with Gasteiger partial charge in [0.05, 0.1) is 25.4 Å². The zero-order chi connectivity index (χ0) is 16.3. The highest BCUT2D eigenvalue weighted by molar-refractivity contribution is 5.42. The van der Waals surface area contributed by atoms with Gasteiger partial charge in [0.1, 0.15) is 11.6 Å². The molecule has 22 heavy (non-hydrogen) atoms. The van der Waals surface area contributed by atoms with Gasteiger partial charge in [-0.3, -0.25) is 0 Å². The zero-order valence-corrected chi connectivity index (χ0v) is 14.4. The summed E-state index contributed by atoms with van der Waals surface area (Å²) in [6, 6.07) is 2.26. The summed E-state index contributed by atoms with van der Waals surface area (Å²) in [6.45, 7) is 12.5. The van der Waals surface area contributed by atoms with E-state index in [-0.39, 0.29) is 12.1 Å². The van der Waals surface area contributed by atoms with Crippen LogP contribution in [0.25, 0.3) is 0 Å². The predicted octanol–water partition coefficient (Wildman–Crippen LogP) is 2.70. The van der Waals surface area contributed by atoms with Crippen LogP contribution in [0.5, 0.6) is 0 Å². The van der Waals surface area contributed by atoms with Crippen molar-refractivity contribution < 1.29 is 9.84 Å². The van der Waals surface area contributed by atoms with Gasteiger partial charge in [0.25, 0.3) is 0 Å². The number of morpholine rings is 1. The molecular formula is C17H29N3O2. The quantitative estimate of drug-likeness (QED) is 0.906. The molecule has 5 nitrogen and oxygen atoms in total. The van der Waals surface area contributed by atoms with Gasteiger partial charge in [-0.2, -0.15) is 0 Å². The van der Waals surface area contributed by atoms with Gasteiger partial charge in [0.2, 0.25) is 0 Å². The van der Waals surface area contributed by atoms with Crippen LogP contribution < -0.4 is 4.90 Å². The van der Waals surface area contributed by atoms with Crippen LogP contribution in [0.15, 0.2) is 6.07 Å². The topological polar surface area (TPSA) is 58.5 Å². The molecule has 1 aliphatic heterocycles. The largest absolute Gasteiger partial charge is 0.393 e. The molecule has 2 unspecified atom stereocenters. The molecule has 1 aromatic heterocycles. The van der Waals surface area contributed by atoms with E-state index in [4.69, 9.17) is 14.7 Å². The van der Waals surface area contributed by atoms with E-state index in [1.807, 2.05) is 6.92 Å². The maximum absolute atomic E-state index is 9.74. The summed E-state index contributed by atoms with van der Waals surface area (Å²) in [5.74, 6) is 2.53. The maximum Gasteiger partial charge on any atom is 0.133 e. The maximum atomic E-state index is 9.74. The highest BCUT2D eigenvalue weighted by Gasteiger charge is 2.26. The Hall–Kier alpha value is -1.20. The molecule has 2 rings (SSSR count). The highest BCUT2D eigenvalue weighted by atomic mass is 16.5. The van der Waals surface area contributed by atoms with Gasteiger partial charge in [-0.15, -0.1) is 0 Å². The molecular weight excluding hydrogens is 278 g/mol. The number of nitrogens with zero attached hydrogens (tertiary/aromatic N) is 3. The van der Waals surface area contributed by atoms with Crippen molar-refractivity contribution in [2.24, 2.45) is 0 Å². The molecule has 2 atom stereocenters. The number of ether oxygens (including phenoxy) is 1. The van der Waals surface area contributed by atoms with Crippen LogP contribution in [0.3, 0.4) is 0 Å². The standard InChI is InChI=1S/C17H29N3O2/c1-11(2)15-9-16(19-17(18-15)12(3)4)20-6-7-22-10-14(20)8-13(5)21/h9,11-14,21H,6-8,10H2,1-5H3. The lowest BCUT2D eigenvalue weighted by atomic mass is 10.1. The number of aromatic nitrogens is 2. The normalized spacial score (nSPS) is 20.7. The summed E-state index contributed by atoms with van der Waals surface area (Å²) in [5, 5.41) is 9.74. The molecule has 5 heteroatoms. The molecule has 2 heterocycles. The summed E-state index contributed by atoms with van der Waals surface area (Å²) >= 11 is 0. The molecule has 0 amide bonds. The molecule has 1 fully saturated rings. The van der Waals surface area contributed by atoms with Crippen molar-refractivity contribution in [1.29, 1.82) is 0 Å². The van der Waals surface area contributed by atoms with Gasteiger partial charge in [0, 0.05) is 24.2 Å². The molecule has 0 aromatic carbocycles. The van der Waals surface area contributed by atoms with Crippen LogP contribution >= 0.6 is 0 Å². The summed E-state index contributed by atoms with van der Waals surface area (Å²) in [6.07, 6.45) is 0.350. The highest BCUT2D eigenvalue weighted by Crippen LogP contribution is 2.25.